The Morgan fingerprint density at radius 3 is 2.67 bits per heavy atom. The summed E-state index contributed by atoms with van der Waals surface area (Å²) < 4.78 is 12.7. The van der Waals surface area contributed by atoms with Crippen molar-refractivity contribution in [3.05, 3.63) is 29.8 Å². The van der Waals surface area contributed by atoms with Crippen molar-refractivity contribution >= 4 is 11.8 Å². The number of nitrogens with zero attached hydrogens (tertiary/aromatic N) is 1. The molecule has 0 amide bonds. The second kappa shape index (κ2) is 3.08. The molecule has 1 N–H and O–H groups in total. The van der Waals surface area contributed by atoms with E-state index in [-0.39, 0.29) is 0 Å². The molecule has 1 aromatic heterocycles. The number of carboxylic acids is 1. The van der Waals surface area contributed by atoms with Crippen LogP contribution in [0.5, 0.6) is 0 Å². The number of halogens is 1. The molecule has 4 nitrogen and oxygen atoms in total. The zero-order valence-corrected chi connectivity index (χ0v) is 5.82. The third kappa shape index (κ3) is 1.45. The van der Waals surface area contributed by atoms with Gasteiger partial charge >= 0.3 is 5.97 Å². The molecular formula is C7H4FNO3. The second-order valence-corrected chi connectivity index (χ2v) is 1.99. The zero-order valence-electron chi connectivity index (χ0n) is 5.82. The molecule has 1 heterocycles. The van der Waals surface area contributed by atoms with Gasteiger partial charge in [-0.1, -0.05) is 0 Å². The van der Waals surface area contributed by atoms with Crippen molar-refractivity contribution in [2.45, 2.75) is 0 Å². The van der Waals surface area contributed by atoms with Crippen molar-refractivity contribution in [1.82, 2.24) is 4.98 Å². The molecule has 0 aliphatic rings. The topological polar surface area (TPSA) is 67.3 Å². The van der Waals surface area contributed by atoms with Gasteiger partial charge in [0.15, 0.2) is 5.82 Å². The number of Topliss-reactive ketones (excluding diaryl/α,β-unsaturated/α-hetero) is 1. The standard InChI is InChI=1S/C7H4FNO3/c8-5-3-9-2-1-4(5)6(10)7(11)12/h1-3H,(H,11,12). The van der Waals surface area contributed by atoms with Crippen molar-refractivity contribution in [1.29, 1.82) is 0 Å². The monoisotopic (exact) mass is 169 g/mol. The number of hydrogen-bond donors (Lipinski definition) is 1. The fraction of sp³-hybridized carbons (Fsp3) is 0. The smallest absolute Gasteiger partial charge is 0.377 e. The molecule has 0 aliphatic carbocycles. The van der Waals surface area contributed by atoms with Crippen LogP contribution in [0, 0.1) is 5.82 Å². The summed E-state index contributed by atoms with van der Waals surface area (Å²) in [6.45, 7) is 0. The van der Waals surface area contributed by atoms with Gasteiger partial charge in [0.05, 0.1) is 11.8 Å². The molecule has 12 heavy (non-hydrogen) atoms. The predicted molar refractivity (Wildman–Crippen MR) is 36.2 cm³/mol. The van der Waals surface area contributed by atoms with E-state index in [0.717, 1.165) is 18.5 Å². The van der Waals surface area contributed by atoms with Crippen LogP contribution in [0.3, 0.4) is 0 Å². The summed E-state index contributed by atoms with van der Waals surface area (Å²) in [7, 11) is 0. The van der Waals surface area contributed by atoms with Crippen LogP contribution < -0.4 is 0 Å². The summed E-state index contributed by atoms with van der Waals surface area (Å²) >= 11 is 0. The maximum Gasteiger partial charge on any atom is 0.377 e. The minimum Gasteiger partial charge on any atom is -0.475 e. The van der Waals surface area contributed by atoms with Gasteiger partial charge in [-0.15, -0.1) is 0 Å². The Labute approximate surface area is 66.7 Å². The lowest BCUT2D eigenvalue weighted by atomic mass is 10.2. The first-order valence-corrected chi connectivity index (χ1v) is 3.00. The first-order valence-electron chi connectivity index (χ1n) is 3.00. The highest BCUT2D eigenvalue weighted by Crippen LogP contribution is 2.04. The first-order chi connectivity index (χ1) is 5.63. The van der Waals surface area contributed by atoms with E-state index >= 15 is 0 Å². The Morgan fingerprint density at radius 1 is 1.50 bits per heavy atom. The van der Waals surface area contributed by atoms with Crippen LogP contribution in [-0.4, -0.2) is 21.8 Å². The fourth-order valence-electron chi connectivity index (χ4n) is 0.675. The molecule has 0 spiro atoms. The van der Waals surface area contributed by atoms with Crippen LogP contribution in [0.15, 0.2) is 18.5 Å². The van der Waals surface area contributed by atoms with Gasteiger partial charge in [0.25, 0.3) is 5.78 Å². The minimum atomic E-state index is -1.68. The van der Waals surface area contributed by atoms with E-state index in [4.69, 9.17) is 5.11 Å². The molecule has 0 saturated carbocycles. The highest BCUT2D eigenvalue weighted by molar-refractivity contribution is 6.39. The maximum atomic E-state index is 12.7. The molecule has 0 aromatic carbocycles. The second-order valence-electron chi connectivity index (χ2n) is 1.99. The third-order valence-corrected chi connectivity index (χ3v) is 1.21. The SMILES string of the molecule is O=C(O)C(=O)c1ccncc1F. The van der Waals surface area contributed by atoms with E-state index in [1.54, 1.807) is 0 Å². The number of aromatic nitrogens is 1. The lowest BCUT2D eigenvalue weighted by molar-refractivity contribution is -0.131. The van der Waals surface area contributed by atoms with E-state index < -0.39 is 23.1 Å². The summed E-state index contributed by atoms with van der Waals surface area (Å²) in [4.78, 5) is 24.2. The molecule has 1 aromatic rings. The summed E-state index contributed by atoms with van der Waals surface area (Å²) in [5.41, 5.74) is -0.475. The Bertz CT molecular complexity index is 337. The highest BCUT2D eigenvalue weighted by atomic mass is 19.1. The molecule has 0 atom stereocenters. The molecule has 0 aliphatic heterocycles. The molecule has 62 valence electrons. The zero-order chi connectivity index (χ0) is 9.14. The van der Waals surface area contributed by atoms with Crippen molar-refractivity contribution in [2.24, 2.45) is 0 Å². The highest BCUT2D eigenvalue weighted by Gasteiger charge is 2.17. The summed E-state index contributed by atoms with van der Waals surface area (Å²) in [5, 5.41) is 8.22. The molecule has 5 heteroatoms. The molecule has 0 unspecified atom stereocenters. The molecule has 0 radical (unpaired) electrons. The Morgan fingerprint density at radius 2 is 2.17 bits per heavy atom. The molecule has 0 fully saturated rings. The molecule has 1 rings (SSSR count). The number of aliphatic carboxylic acids is 1. The number of carbonyl (C=O) groups excluding carboxylic acids is 1. The Kier molecular flexibility index (Phi) is 2.14. The van der Waals surface area contributed by atoms with Crippen molar-refractivity contribution < 1.29 is 19.1 Å². The van der Waals surface area contributed by atoms with Crippen LogP contribution in [0.4, 0.5) is 4.39 Å². The lowest BCUT2D eigenvalue weighted by Gasteiger charge is -1.95. The van der Waals surface area contributed by atoms with Crippen molar-refractivity contribution in [3.63, 3.8) is 0 Å². The molecular weight excluding hydrogens is 165 g/mol. The number of hydrogen-bond acceptors (Lipinski definition) is 3. The minimum absolute atomic E-state index is 0.475. The maximum absolute atomic E-state index is 12.7. The van der Waals surface area contributed by atoms with Gasteiger partial charge in [-0.05, 0) is 6.07 Å². The number of carbonyl (C=O) groups is 2. The number of rotatable bonds is 2. The third-order valence-electron chi connectivity index (χ3n) is 1.21. The lowest BCUT2D eigenvalue weighted by Crippen LogP contribution is -2.14. The van der Waals surface area contributed by atoms with Gasteiger partial charge < -0.3 is 5.11 Å². The van der Waals surface area contributed by atoms with Gasteiger partial charge in [0.1, 0.15) is 0 Å². The summed E-state index contributed by atoms with van der Waals surface area (Å²) in [5.74, 6) is -3.88. The normalized spacial score (nSPS) is 9.42. The Hall–Kier alpha value is -1.78. The van der Waals surface area contributed by atoms with E-state index in [0.29, 0.717) is 0 Å². The molecule has 0 saturated heterocycles. The van der Waals surface area contributed by atoms with E-state index in [9.17, 15) is 14.0 Å². The number of pyridine rings is 1. The summed E-state index contributed by atoms with van der Waals surface area (Å²) in [6, 6.07) is 1.02. The average molecular weight is 169 g/mol. The van der Waals surface area contributed by atoms with E-state index in [1.807, 2.05) is 0 Å². The quantitative estimate of drug-likeness (QED) is 0.516. The number of carboxylic acid groups (broad SMARTS) is 1. The van der Waals surface area contributed by atoms with Crippen LogP contribution >= 0.6 is 0 Å². The largest absolute Gasteiger partial charge is 0.475 e. The van der Waals surface area contributed by atoms with Crippen LogP contribution in [0.2, 0.25) is 0 Å². The average Bonchev–Trinajstić information content (AvgIpc) is 2.04. The van der Waals surface area contributed by atoms with Crippen molar-refractivity contribution in [3.8, 4) is 0 Å². The van der Waals surface area contributed by atoms with Crippen LogP contribution in [-0.2, 0) is 4.79 Å². The van der Waals surface area contributed by atoms with Crippen LogP contribution in [0.1, 0.15) is 10.4 Å². The van der Waals surface area contributed by atoms with Gasteiger partial charge in [-0.3, -0.25) is 9.78 Å². The van der Waals surface area contributed by atoms with E-state index in [1.165, 1.54) is 0 Å². The summed E-state index contributed by atoms with van der Waals surface area (Å²) in [6.07, 6.45) is 1.94. The first kappa shape index (κ1) is 8.32. The van der Waals surface area contributed by atoms with Crippen molar-refractivity contribution in [2.75, 3.05) is 0 Å². The Balaban J connectivity index is 3.11. The predicted octanol–water partition coefficient (Wildman–Crippen LogP) is 0.488. The van der Waals surface area contributed by atoms with Gasteiger partial charge in [-0.25, -0.2) is 9.18 Å². The van der Waals surface area contributed by atoms with Gasteiger partial charge in [-0.2, -0.15) is 0 Å². The fourth-order valence-corrected chi connectivity index (χ4v) is 0.675. The van der Waals surface area contributed by atoms with Gasteiger partial charge in [0.2, 0.25) is 0 Å². The number of ketones is 1. The van der Waals surface area contributed by atoms with E-state index in [2.05, 4.69) is 4.98 Å². The van der Waals surface area contributed by atoms with Crippen LogP contribution in [0.25, 0.3) is 0 Å². The molecule has 0 bridgehead atoms. The van der Waals surface area contributed by atoms with Gasteiger partial charge in [0, 0.05) is 6.20 Å².